The maximum Gasteiger partial charge on any atom is 0.276 e. The number of amides is 1. The minimum absolute atomic E-state index is 0.192. The van der Waals surface area contributed by atoms with Crippen molar-refractivity contribution in [2.24, 2.45) is 12.0 Å². The summed E-state index contributed by atoms with van der Waals surface area (Å²) in [5.74, 6) is 0.0537. The van der Waals surface area contributed by atoms with E-state index in [0.717, 1.165) is 22.4 Å². The zero-order valence-corrected chi connectivity index (χ0v) is 21.1. The minimum Gasteiger partial charge on any atom is -0.309 e. The van der Waals surface area contributed by atoms with Gasteiger partial charge in [-0.2, -0.15) is 10.2 Å². The van der Waals surface area contributed by atoms with Crippen LogP contribution in [0.2, 0.25) is 0 Å². The molecule has 36 heavy (non-hydrogen) atoms. The number of hydrogen-bond acceptors (Lipinski definition) is 4. The van der Waals surface area contributed by atoms with Crippen LogP contribution in [0.5, 0.6) is 0 Å². The Morgan fingerprint density at radius 2 is 1.83 bits per heavy atom. The van der Waals surface area contributed by atoms with Crippen LogP contribution >= 0.6 is 0 Å². The van der Waals surface area contributed by atoms with E-state index >= 15 is 0 Å². The molecule has 2 aromatic heterocycles. The van der Waals surface area contributed by atoms with Gasteiger partial charge in [0.25, 0.3) is 5.91 Å². The summed E-state index contributed by atoms with van der Waals surface area (Å²) in [6.45, 7) is 8.52. The lowest BCUT2D eigenvalue weighted by Gasteiger charge is -2.13. The number of aryl methyl sites for hydroxylation is 2. The molecule has 186 valence electrons. The van der Waals surface area contributed by atoms with Gasteiger partial charge in [-0.05, 0) is 53.9 Å². The third-order valence-electron chi connectivity index (χ3n) is 5.76. The molecule has 3 N–H and O–H groups in total. The highest BCUT2D eigenvalue weighted by atomic mass is 19.1. The first-order valence-corrected chi connectivity index (χ1v) is 11.6. The standard InChI is InChI=1S/C27H30FN7O/c1-17-8-6-7-9-19(17)16-29-26(31-25(36)22-15-23(27(2,3)4)34-35(22)5)30-24-14-21(32-33-24)18-10-12-20(28)13-11-18/h6-15H,16H2,1-5H3,(H3,29,30,31,32,33,36). The van der Waals surface area contributed by atoms with E-state index in [1.54, 1.807) is 36.0 Å². The summed E-state index contributed by atoms with van der Waals surface area (Å²) in [6, 6.07) is 17.6. The molecule has 1 amide bonds. The van der Waals surface area contributed by atoms with Crippen LogP contribution in [0.3, 0.4) is 0 Å². The maximum atomic E-state index is 13.3. The average Bonchev–Trinajstić information content (AvgIpc) is 3.45. The van der Waals surface area contributed by atoms with Crippen LogP contribution in [0.15, 0.2) is 65.7 Å². The van der Waals surface area contributed by atoms with Crippen LogP contribution in [0.4, 0.5) is 10.2 Å². The number of rotatable bonds is 5. The normalized spacial score (nSPS) is 12.0. The molecule has 9 heteroatoms. The Morgan fingerprint density at radius 3 is 2.50 bits per heavy atom. The first kappa shape index (κ1) is 24.8. The number of nitrogens with one attached hydrogen (secondary N) is 3. The van der Waals surface area contributed by atoms with Crippen molar-refractivity contribution in [3.63, 3.8) is 0 Å². The zero-order valence-electron chi connectivity index (χ0n) is 21.1. The molecular formula is C27H30FN7O. The molecule has 4 rings (SSSR count). The van der Waals surface area contributed by atoms with Gasteiger partial charge in [-0.3, -0.25) is 19.9 Å². The second-order valence-electron chi connectivity index (χ2n) is 9.63. The van der Waals surface area contributed by atoms with Crippen molar-refractivity contribution >= 4 is 17.7 Å². The Kier molecular flexibility index (Phi) is 7.00. The molecule has 0 radical (unpaired) electrons. The van der Waals surface area contributed by atoms with Crippen LogP contribution in [0.1, 0.15) is 48.1 Å². The van der Waals surface area contributed by atoms with E-state index in [2.05, 4.69) is 30.9 Å². The average molecular weight is 488 g/mol. The maximum absolute atomic E-state index is 13.3. The zero-order chi connectivity index (χ0) is 25.9. The number of aliphatic imine (C=N–C) groups is 1. The van der Waals surface area contributed by atoms with E-state index in [1.807, 2.05) is 52.0 Å². The van der Waals surface area contributed by atoms with E-state index < -0.39 is 0 Å². The Labute approximate surface area is 209 Å². The number of carbonyl (C=O) groups excluding carboxylic acids is 1. The van der Waals surface area contributed by atoms with Gasteiger partial charge in [-0.15, -0.1) is 0 Å². The first-order chi connectivity index (χ1) is 17.1. The van der Waals surface area contributed by atoms with Crippen LogP contribution in [-0.4, -0.2) is 31.8 Å². The van der Waals surface area contributed by atoms with Crippen molar-refractivity contribution in [1.29, 1.82) is 0 Å². The lowest BCUT2D eigenvalue weighted by Crippen LogP contribution is -2.37. The van der Waals surface area contributed by atoms with Crippen molar-refractivity contribution in [2.45, 2.75) is 39.7 Å². The monoisotopic (exact) mass is 487 g/mol. The summed E-state index contributed by atoms with van der Waals surface area (Å²) in [6.07, 6.45) is 0. The summed E-state index contributed by atoms with van der Waals surface area (Å²) in [5.41, 5.74) is 4.66. The van der Waals surface area contributed by atoms with Crippen LogP contribution in [0, 0.1) is 12.7 Å². The largest absolute Gasteiger partial charge is 0.309 e. The number of aromatic amines is 1. The number of hydrogen-bond donors (Lipinski definition) is 3. The van der Waals surface area contributed by atoms with Crippen LogP contribution in [0.25, 0.3) is 11.3 Å². The highest BCUT2D eigenvalue weighted by Crippen LogP contribution is 2.22. The molecular weight excluding hydrogens is 457 g/mol. The molecule has 0 atom stereocenters. The molecule has 0 bridgehead atoms. The van der Waals surface area contributed by atoms with E-state index in [0.29, 0.717) is 23.8 Å². The molecule has 2 aromatic carbocycles. The molecule has 0 spiro atoms. The Hall–Kier alpha value is -4.27. The summed E-state index contributed by atoms with van der Waals surface area (Å²) < 4.78 is 14.9. The number of halogens is 1. The van der Waals surface area contributed by atoms with Gasteiger partial charge in [0.05, 0.1) is 17.9 Å². The Bertz CT molecular complexity index is 1390. The number of carbonyl (C=O) groups is 1. The second kappa shape index (κ2) is 10.2. The third kappa shape index (κ3) is 5.86. The molecule has 0 aliphatic carbocycles. The fourth-order valence-electron chi connectivity index (χ4n) is 3.56. The van der Waals surface area contributed by atoms with Gasteiger partial charge in [0.1, 0.15) is 11.5 Å². The molecule has 0 saturated heterocycles. The third-order valence-corrected chi connectivity index (χ3v) is 5.76. The quantitative estimate of drug-likeness (QED) is 0.274. The van der Waals surface area contributed by atoms with Gasteiger partial charge in [-0.1, -0.05) is 45.0 Å². The fourth-order valence-corrected chi connectivity index (χ4v) is 3.56. The molecule has 0 aliphatic rings. The molecule has 2 heterocycles. The molecule has 0 fully saturated rings. The molecule has 8 nitrogen and oxygen atoms in total. The Balaban J connectivity index is 1.59. The topological polar surface area (TPSA) is 100.0 Å². The molecule has 0 unspecified atom stereocenters. The van der Waals surface area contributed by atoms with Crippen molar-refractivity contribution < 1.29 is 9.18 Å². The van der Waals surface area contributed by atoms with Gasteiger partial charge >= 0.3 is 0 Å². The summed E-state index contributed by atoms with van der Waals surface area (Å²) in [7, 11) is 1.74. The smallest absolute Gasteiger partial charge is 0.276 e. The van der Waals surface area contributed by atoms with Crippen molar-refractivity contribution in [1.82, 2.24) is 25.3 Å². The van der Waals surface area contributed by atoms with E-state index in [-0.39, 0.29) is 23.1 Å². The first-order valence-electron chi connectivity index (χ1n) is 11.6. The predicted octanol–water partition coefficient (Wildman–Crippen LogP) is 4.95. The second-order valence-corrected chi connectivity index (χ2v) is 9.63. The van der Waals surface area contributed by atoms with Gasteiger partial charge < -0.3 is 5.32 Å². The van der Waals surface area contributed by atoms with Crippen molar-refractivity contribution in [2.75, 3.05) is 5.32 Å². The lowest BCUT2D eigenvalue weighted by atomic mass is 9.92. The van der Waals surface area contributed by atoms with Crippen LogP contribution in [-0.2, 0) is 19.0 Å². The minimum atomic E-state index is -0.342. The molecule has 0 aliphatic heterocycles. The molecule has 0 saturated carbocycles. The Morgan fingerprint density at radius 1 is 1.11 bits per heavy atom. The van der Waals surface area contributed by atoms with Gasteiger partial charge in [0, 0.05) is 18.5 Å². The van der Waals surface area contributed by atoms with E-state index in [4.69, 9.17) is 0 Å². The van der Waals surface area contributed by atoms with Crippen LogP contribution < -0.4 is 10.6 Å². The van der Waals surface area contributed by atoms with E-state index in [1.165, 1.54) is 12.1 Å². The van der Waals surface area contributed by atoms with Crippen molar-refractivity contribution in [3.05, 3.63) is 89.0 Å². The van der Waals surface area contributed by atoms with Gasteiger partial charge in [0.15, 0.2) is 5.82 Å². The van der Waals surface area contributed by atoms with Gasteiger partial charge in [0.2, 0.25) is 5.96 Å². The number of benzene rings is 2. The fraction of sp³-hybridized carbons (Fsp3) is 0.259. The SMILES string of the molecule is Cc1ccccc1CN=C(NC(=O)c1cc(C(C)(C)C)nn1C)Nc1cc(-c2ccc(F)cc2)[nH]n1. The van der Waals surface area contributed by atoms with Gasteiger partial charge in [-0.25, -0.2) is 9.38 Å². The number of nitrogens with zero attached hydrogens (tertiary/aromatic N) is 4. The molecule has 4 aromatic rings. The van der Waals surface area contributed by atoms with Crippen molar-refractivity contribution in [3.8, 4) is 11.3 Å². The number of aromatic nitrogens is 4. The summed E-state index contributed by atoms with van der Waals surface area (Å²) in [5, 5.41) is 17.7. The number of anilines is 1. The lowest BCUT2D eigenvalue weighted by molar-refractivity contribution is 0.0967. The highest BCUT2D eigenvalue weighted by molar-refractivity contribution is 6.09. The summed E-state index contributed by atoms with van der Waals surface area (Å²) in [4.78, 5) is 17.8. The predicted molar refractivity (Wildman–Crippen MR) is 139 cm³/mol. The number of guanidine groups is 1. The van der Waals surface area contributed by atoms with E-state index in [9.17, 15) is 9.18 Å². The number of H-pyrrole nitrogens is 1. The highest BCUT2D eigenvalue weighted by Gasteiger charge is 2.22. The summed E-state index contributed by atoms with van der Waals surface area (Å²) >= 11 is 0.